The SMILES string of the molecule is c1ccc(C2(c3ccccc3)c3ccccc3-c3ccc(-c4cccc(-c5cc(-c6cccc(-c7ccc8c(c7)C(c7ccccc7)(c7ccccc7)c7ccccc7-8)c6)ncn5)c4)cc32)cc1. The van der Waals surface area contributed by atoms with Gasteiger partial charge in [-0.2, -0.15) is 0 Å². The molecule has 0 radical (unpaired) electrons. The number of rotatable bonds is 8. The van der Waals surface area contributed by atoms with Gasteiger partial charge in [0, 0.05) is 11.1 Å². The number of hydrogen-bond acceptors (Lipinski definition) is 2. The molecule has 2 aliphatic carbocycles. The van der Waals surface area contributed by atoms with E-state index in [9.17, 15) is 0 Å². The molecule has 10 aromatic carbocycles. The zero-order valence-electron chi connectivity index (χ0n) is 37.3. The Balaban J connectivity index is 0.878. The van der Waals surface area contributed by atoms with E-state index in [1.807, 2.05) is 0 Å². The van der Waals surface area contributed by atoms with E-state index < -0.39 is 10.8 Å². The van der Waals surface area contributed by atoms with Gasteiger partial charge in [-0.3, -0.25) is 0 Å². The highest BCUT2D eigenvalue weighted by Crippen LogP contribution is 2.58. The van der Waals surface area contributed by atoms with Crippen molar-refractivity contribution in [1.29, 1.82) is 0 Å². The highest BCUT2D eigenvalue weighted by Gasteiger charge is 2.47. The van der Waals surface area contributed by atoms with Crippen molar-refractivity contribution in [3.8, 4) is 67.0 Å². The van der Waals surface area contributed by atoms with Crippen molar-refractivity contribution in [2.45, 2.75) is 10.8 Å². The quantitative estimate of drug-likeness (QED) is 0.152. The topological polar surface area (TPSA) is 25.8 Å². The van der Waals surface area contributed by atoms with E-state index in [0.29, 0.717) is 0 Å². The van der Waals surface area contributed by atoms with Crippen molar-refractivity contribution in [3.63, 3.8) is 0 Å². The summed E-state index contributed by atoms with van der Waals surface area (Å²) in [5.41, 5.74) is 22.9. The first-order chi connectivity index (χ1) is 33.7. The summed E-state index contributed by atoms with van der Waals surface area (Å²) in [6.07, 6.45) is 1.70. The second-order valence-electron chi connectivity index (χ2n) is 18.0. The molecule has 0 unspecified atom stereocenters. The number of fused-ring (bicyclic) bond motifs is 6. The van der Waals surface area contributed by atoms with Crippen molar-refractivity contribution in [2.75, 3.05) is 0 Å². The molecule has 68 heavy (non-hydrogen) atoms. The molecule has 1 aromatic heterocycles. The lowest BCUT2D eigenvalue weighted by molar-refractivity contribution is 0.769. The summed E-state index contributed by atoms with van der Waals surface area (Å²) in [6, 6.07) is 95.5. The minimum absolute atomic E-state index is 0.462. The van der Waals surface area contributed by atoms with Gasteiger partial charge in [0.25, 0.3) is 0 Å². The Labute approximate surface area is 397 Å². The Morgan fingerprint density at radius 2 is 0.544 bits per heavy atom. The fourth-order valence-corrected chi connectivity index (χ4v) is 11.6. The first kappa shape index (κ1) is 39.6. The molecule has 0 spiro atoms. The monoisotopic (exact) mass is 864 g/mol. The largest absolute Gasteiger partial charge is 0.236 e. The van der Waals surface area contributed by atoms with Gasteiger partial charge in [-0.1, -0.05) is 231 Å². The number of hydrogen-bond donors (Lipinski definition) is 0. The van der Waals surface area contributed by atoms with Crippen LogP contribution in [-0.2, 0) is 10.8 Å². The van der Waals surface area contributed by atoms with Gasteiger partial charge >= 0.3 is 0 Å². The van der Waals surface area contributed by atoms with E-state index in [1.165, 1.54) is 66.8 Å². The third-order valence-electron chi connectivity index (χ3n) is 14.6. The molecule has 318 valence electrons. The van der Waals surface area contributed by atoms with Gasteiger partial charge in [-0.15, -0.1) is 0 Å². The normalized spacial score (nSPS) is 13.5. The van der Waals surface area contributed by atoms with Crippen LogP contribution in [0.4, 0.5) is 0 Å². The Hall–Kier alpha value is -8.72. The zero-order chi connectivity index (χ0) is 45.1. The molecule has 0 saturated heterocycles. The van der Waals surface area contributed by atoms with Gasteiger partial charge in [-0.05, 0) is 119 Å². The molecule has 2 aliphatic rings. The molecule has 2 nitrogen and oxygen atoms in total. The van der Waals surface area contributed by atoms with Crippen LogP contribution in [0.3, 0.4) is 0 Å². The van der Waals surface area contributed by atoms with Crippen molar-refractivity contribution in [2.24, 2.45) is 0 Å². The molecule has 0 bridgehead atoms. The van der Waals surface area contributed by atoms with E-state index >= 15 is 0 Å². The second kappa shape index (κ2) is 16.0. The number of nitrogens with zero attached hydrogens (tertiary/aromatic N) is 2. The first-order valence-electron chi connectivity index (χ1n) is 23.5. The van der Waals surface area contributed by atoms with Gasteiger partial charge in [-0.25, -0.2) is 9.97 Å². The second-order valence-corrected chi connectivity index (χ2v) is 18.0. The van der Waals surface area contributed by atoms with Crippen LogP contribution in [0.2, 0.25) is 0 Å². The fraction of sp³-hybridized carbons (Fsp3) is 0.0303. The first-order valence-corrected chi connectivity index (χ1v) is 23.5. The van der Waals surface area contributed by atoms with Crippen LogP contribution in [0, 0.1) is 0 Å². The third-order valence-corrected chi connectivity index (χ3v) is 14.6. The number of aromatic nitrogens is 2. The lowest BCUT2D eigenvalue weighted by atomic mass is 9.67. The Bertz CT molecular complexity index is 3350. The molecule has 0 N–H and O–H groups in total. The molecular formula is C66H44N2. The van der Waals surface area contributed by atoms with E-state index in [4.69, 9.17) is 9.97 Å². The lowest BCUT2D eigenvalue weighted by Gasteiger charge is -2.34. The molecule has 0 fully saturated rings. The Kier molecular flexibility index (Phi) is 9.33. The summed E-state index contributed by atoms with van der Waals surface area (Å²) in [5, 5.41) is 0. The molecule has 0 atom stereocenters. The molecule has 0 aliphatic heterocycles. The maximum absolute atomic E-state index is 4.86. The maximum atomic E-state index is 4.86. The lowest BCUT2D eigenvalue weighted by Crippen LogP contribution is -2.28. The van der Waals surface area contributed by atoms with Crippen molar-refractivity contribution < 1.29 is 0 Å². The third kappa shape index (κ3) is 6.04. The average Bonchev–Trinajstić information content (AvgIpc) is 3.90. The van der Waals surface area contributed by atoms with Crippen LogP contribution < -0.4 is 0 Å². The van der Waals surface area contributed by atoms with Crippen molar-refractivity contribution in [1.82, 2.24) is 9.97 Å². The fourth-order valence-electron chi connectivity index (χ4n) is 11.6. The van der Waals surface area contributed by atoms with Crippen LogP contribution in [0.25, 0.3) is 67.0 Å². The molecule has 11 aromatic rings. The van der Waals surface area contributed by atoms with Crippen molar-refractivity contribution >= 4 is 0 Å². The predicted molar refractivity (Wildman–Crippen MR) is 278 cm³/mol. The average molecular weight is 865 g/mol. The molecule has 0 saturated carbocycles. The number of benzene rings is 10. The summed E-state index contributed by atoms with van der Waals surface area (Å²) >= 11 is 0. The van der Waals surface area contributed by atoms with Crippen molar-refractivity contribution in [3.05, 3.63) is 312 Å². The minimum Gasteiger partial charge on any atom is -0.236 e. The van der Waals surface area contributed by atoms with Crippen LogP contribution in [-0.4, -0.2) is 9.97 Å². The highest BCUT2D eigenvalue weighted by molar-refractivity contribution is 5.90. The highest BCUT2D eigenvalue weighted by atomic mass is 14.8. The van der Waals surface area contributed by atoms with Crippen LogP contribution >= 0.6 is 0 Å². The predicted octanol–water partition coefficient (Wildman–Crippen LogP) is 15.9. The van der Waals surface area contributed by atoms with Gasteiger partial charge < -0.3 is 0 Å². The molecule has 0 amide bonds. The summed E-state index contributed by atoms with van der Waals surface area (Å²) < 4.78 is 0. The summed E-state index contributed by atoms with van der Waals surface area (Å²) in [7, 11) is 0. The minimum atomic E-state index is -0.462. The van der Waals surface area contributed by atoms with Crippen LogP contribution in [0.1, 0.15) is 44.5 Å². The van der Waals surface area contributed by atoms with Gasteiger partial charge in [0.05, 0.1) is 22.2 Å². The molecular weight excluding hydrogens is 821 g/mol. The van der Waals surface area contributed by atoms with E-state index in [1.54, 1.807) is 6.33 Å². The standard InChI is InChI=1S/C66H44N2/c1-5-23-51(24-6-1)65(52-25-7-2-8-26-52)59-33-15-13-31-55(59)57-37-35-47(41-61(57)65)45-19-17-21-49(39-45)63-43-64(68-44-67-63)50-22-18-20-46(40-50)48-36-38-58-56-32-14-16-34-60(56)66(62(58)42-48,53-27-9-3-10-28-53)54-29-11-4-12-30-54/h1-44H. The maximum Gasteiger partial charge on any atom is 0.116 e. The van der Waals surface area contributed by atoms with Gasteiger partial charge in [0.1, 0.15) is 6.33 Å². The van der Waals surface area contributed by atoms with E-state index in [-0.39, 0.29) is 0 Å². The smallest absolute Gasteiger partial charge is 0.116 e. The van der Waals surface area contributed by atoms with Crippen LogP contribution in [0.5, 0.6) is 0 Å². The summed E-state index contributed by atoms with van der Waals surface area (Å²) in [4.78, 5) is 9.72. The van der Waals surface area contributed by atoms with Crippen LogP contribution in [0.15, 0.2) is 267 Å². The summed E-state index contributed by atoms with van der Waals surface area (Å²) in [5.74, 6) is 0. The molecule has 2 heteroatoms. The summed E-state index contributed by atoms with van der Waals surface area (Å²) in [6.45, 7) is 0. The molecule has 1 heterocycles. The van der Waals surface area contributed by atoms with Gasteiger partial charge in [0.15, 0.2) is 0 Å². The Morgan fingerprint density at radius 3 is 0.941 bits per heavy atom. The van der Waals surface area contributed by atoms with Gasteiger partial charge in [0.2, 0.25) is 0 Å². The van der Waals surface area contributed by atoms with E-state index in [2.05, 4.69) is 261 Å². The molecule has 13 rings (SSSR count). The zero-order valence-corrected chi connectivity index (χ0v) is 37.3. The Morgan fingerprint density at radius 1 is 0.221 bits per heavy atom. The van der Waals surface area contributed by atoms with E-state index in [0.717, 1.165) is 44.8 Å².